The number of carbonyl (C=O) groups is 2. The zero-order valence-electron chi connectivity index (χ0n) is 28.2. The van der Waals surface area contributed by atoms with Crippen molar-refractivity contribution in [1.29, 1.82) is 0 Å². The summed E-state index contributed by atoms with van der Waals surface area (Å²) in [6, 6.07) is 29.5. The Morgan fingerprint density at radius 2 is 1.48 bits per heavy atom. The summed E-state index contributed by atoms with van der Waals surface area (Å²) in [5, 5.41) is 6.66. The van der Waals surface area contributed by atoms with Crippen LogP contribution in [0.5, 0.6) is 11.5 Å². The van der Waals surface area contributed by atoms with Crippen LogP contribution < -0.4 is 20.3 Å². The molecule has 0 saturated carbocycles. The molecule has 1 amide bonds. The van der Waals surface area contributed by atoms with E-state index in [-0.39, 0.29) is 11.9 Å². The molecular formula is C41H39N3O4. The van der Waals surface area contributed by atoms with Crippen molar-refractivity contribution >= 4 is 34.6 Å². The highest BCUT2D eigenvalue weighted by Crippen LogP contribution is 2.57. The van der Waals surface area contributed by atoms with E-state index in [9.17, 15) is 9.59 Å². The highest BCUT2D eigenvalue weighted by atomic mass is 16.6. The number of nitrogens with zero attached hydrogens (tertiary/aromatic N) is 1. The second-order valence-electron chi connectivity index (χ2n) is 12.6. The molecule has 48 heavy (non-hydrogen) atoms. The normalized spacial score (nSPS) is 15.6. The molecule has 0 aromatic heterocycles. The van der Waals surface area contributed by atoms with Gasteiger partial charge in [-0.3, -0.25) is 4.79 Å². The zero-order chi connectivity index (χ0) is 33.7. The minimum absolute atomic E-state index is 0.165. The van der Waals surface area contributed by atoms with E-state index in [1.54, 1.807) is 0 Å². The molecule has 0 fully saturated rings. The fraction of sp³-hybridized carbons (Fsp3) is 0.220. The van der Waals surface area contributed by atoms with Gasteiger partial charge in [0, 0.05) is 64.2 Å². The number of amides is 1. The molecule has 1 atom stereocenters. The number of nitrogens with one attached hydrogen (secondary N) is 2. The summed E-state index contributed by atoms with van der Waals surface area (Å²) in [6.45, 7) is 13.9. The van der Waals surface area contributed by atoms with E-state index in [1.165, 1.54) is 0 Å². The Balaban J connectivity index is 1.32. The van der Waals surface area contributed by atoms with Crippen molar-refractivity contribution in [3.8, 4) is 11.5 Å². The highest BCUT2D eigenvalue weighted by molar-refractivity contribution is 6.07. The van der Waals surface area contributed by atoms with Crippen molar-refractivity contribution in [3.05, 3.63) is 141 Å². The first-order chi connectivity index (χ1) is 23.1. The molecule has 2 heterocycles. The number of fused-ring (bicyclic) bond motifs is 6. The van der Waals surface area contributed by atoms with Gasteiger partial charge in [0.1, 0.15) is 11.5 Å². The molecular weight excluding hydrogens is 598 g/mol. The van der Waals surface area contributed by atoms with Gasteiger partial charge in [-0.2, -0.15) is 0 Å². The molecule has 7 nitrogen and oxygen atoms in total. The molecule has 2 N–H and O–H groups in total. The van der Waals surface area contributed by atoms with Crippen molar-refractivity contribution in [2.75, 3.05) is 28.6 Å². The number of anilines is 4. The predicted molar refractivity (Wildman–Crippen MR) is 191 cm³/mol. The van der Waals surface area contributed by atoms with E-state index in [0.717, 1.165) is 74.8 Å². The van der Waals surface area contributed by atoms with E-state index >= 15 is 0 Å². The van der Waals surface area contributed by atoms with Gasteiger partial charge in [-0.05, 0) is 107 Å². The number of benzene rings is 5. The Labute approximate surface area is 281 Å². The largest absolute Gasteiger partial charge is 0.456 e. The van der Waals surface area contributed by atoms with Crippen molar-refractivity contribution in [1.82, 2.24) is 0 Å². The molecule has 1 unspecified atom stereocenters. The Kier molecular flexibility index (Phi) is 7.71. The quantitative estimate of drug-likeness (QED) is 0.173. The zero-order valence-corrected chi connectivity index (χ0v) is 28.2. The Morgan fingerprint density at radius 1 is 0.750 bits per heavy atom. The van der Waals surface area contributed by atoms with Gasteiger partial charge in [0.05, 0.1) is 5.56 Å². The fourth-order valence-electron chi connectivity index (χ4n) is 7.04. The number of aryl methyl sites for hydroxylation is 3. The Morgan fingerprint density at radius 3 is 2.23 bits per heavy atom. The molecule has 7 rings (SSSR count). The van der Waals surface area contributed by atoms with E-state index < -0.39 is 5.60 Å². The minimum atomic E-state index is -1.19. The van der Waals surface area contributed by atoms with Crippen molar-refractivity contribution in [2.24, 2.45) is 0 Å². The molecule has 5 aromatic rings. The van der Waals surface area contributed by atoms with Crippen LogP contribution in [0, 0.1) is 27.7 Å². The molecule has 7 heteroatoms. The lowest BCUT2D eigenvalue weighted by atomic mass is 9.77. The predicted octanol–water partition coefficient (Wildman–Crippen LogP) is 9.33. The van der Waals surface area contributed by atoms with Crippen LogP contribution in [0.15, 0.2) is 91.0 Å². The van der Waals surface area contributed by atoms with E-state index in [4.69, 9.17) is 9.47 Å². The Bertz CT molecular complexity index is 2100. The number of carbonyl (C=O) groups excluding carboxylic acids is 2. The topological polar surface area (TPSA) is 79.9 Å². The van der Waals surface area contributed by atoms with Crippen LogP contribution in [-0.4, -0.2) is 25.0 Å². The van der Waals surface area contributed by atoms with Gasteiger partial charge < -0.3 is 25.0 Å². The van der Waals surface area contributed by atoms with Crippen LogP contribution in [0.3, 0.4) is 0 Å². The van der Waals surface area contributed by atoms with E-state index in [0.29, 0.717) is 22.6 Å². The van der Waals surface area contributed by atoms with E-state index in [2.05, 4.69) is 35.4 Å². The minimum Gasteiger partial charge on any atom is -0.456 e. The second-order valence-corrected chi connectivity index (χ2v) is 12.6. The van der Waals surface area contributed by atoms with Gasteiger partial charge in [0.15, 0.2) is 5.60 Å². The monoisotopic (exact) mass is 637 g/mol. The first-order valence-corrected chi connectivity index (χ1v) is 16.4. The van der Waals surface area contributed by atoms with Crippen LogP contribution >= 0.6 is 0 Å². The second kappa shape index (κ2) is 11.9. The molecule has 2 aliphatic heterocycles. The average molecular weight is 638 g/mol. The first kappa shape index (κ1) is 31.1. The average Bonchev–Trinajstić information content (AvgIpc) is 3.37. The molecule has 0 saturated heterocycles. The van der Waals surface area contributed by atoms with Crippen LogP contribution in [0.25, 0.3) is 0 Å². The lowest BCUT2D eigenvalue weighted by Gasteiger charge is -2.37. The maximum atomic E-state index is 13.5. The fourth-order valence-corrected chi connectivity index (χ4v) is 7.04. The number of hydrogen-bond donors (Lipinski definition) is 2. The summed E-state index contributed by atoms with van der Waals surface area (Å²) >= 11 is 0. The summed E-state index contributed by atoms with van der Waals surface area (Å²) in [5.74, 6) is 0.758. The van der Waals surface area contributed by atoms with Crippen LogP contribution in [-0.2, 0) is 10.3 Å². The van der Waals surface area contributed by atoms with E-state index in [1.807, 2.05) is 113 Å². The molecule has 0 bridgehead atoms. The van der Waals surface area contributed by atoms with Crippen LogP contribution in [0.2, 0.25) is 0 Å². The molecule has 0 radical (unpaired) electrons. The first-order valence-electron chi connectivity index (χ1n) is 16.4. The van der Waals surface area contributed by atoms with Gasteiger partial charge in [0.25, 0.3) is 5.91 Å². The standard InChI is InChI=1S/C41H39N3O4/c1-7-44(8-2)29-18-19-32-37(22-29)47-36-21-26(5)35(23-33(36)41(32)31-12-10-9-11-30(31)40(46)48-41)43-34-20-15-25(4)38(27(34)6)39(45)42-28-16-13-24(3)14-17-28/h9-23,43H,7-8H2,1-6H3,(H,42,45). The number of rotatable bonds is 7. The van der Waals surface area contributed by atoms with Crippen LogP contribution in [0.4, 0.5) is 22.7 Å². The maximum absolute atomic E-state index is 13.5. The van der Waals surface area contributed by atoms with Gasteiger partial charge in [0.2, 0.25) is 0 Å². The lowest BCUT2D eigenvalue weighted by Crippen LogP contribution is -2.33. The third-order valence-electron chi connectivity index (χ3n) is 9.65. The molecule has 1 spiro atoms. The van der Waals surface area contributed by atoms with Crippen molar-refractivity contribution < 1.29 is 19.1 Å². The number of esters is 1. The molecule has 0 aliphatic carbocycles. The summed E-state index contributed by atoms with van der Waals surface area (Å²) < 4.78 is 13.1. The third-order valence-corrected chi connectivity index (χ3v) is 9.65. The summed E-state index contributed by atoms with van der Waals surface area (Å²) in [7, 11) is 0. The van der Waals surface area contributed by atoms with Crippen LogP contribution in [0.1, 0.15) is 73.5 Å². The van der Waals surface area contributed by atoms with Crippen molar-refractivity contribution in [3.63, 3.8) is 0 Å². The number of ether oxygens (including phenoxy) is 2. The molecule has 2 aliphatic rings. The molecule has 5 aromatic carbocycles. The summed E-state index contributed by atoms with van der Waals surface area (Å²) in [6.07, 6.45) is 0. The lowest BCUT2D eigenvalue weighted by molar-refractivity contribution is 0.0224. The van der Waals surface area contributed by atoms with Gasteiger partial charge >= 0.3 is 5.97 Å². The van der Waals surface area contributed by atoms with Gasteiger partial charge in [-0.25, -0.2) is 4.79 Å². The molecule has 242 valence electrons. The summed E-state index contributed by atoms with van der Waals surface area (Å²) in [4.78, 5) is 29.3. The number of hydrogen-bond acceptors (Lipinski definition) is 6. The highest BCUT2D eigenvalue weighted by Gasteiger charge is 2.53. The van der Waals surface area contributed by atoms with Gasteiger partial charge in [-0.1, -0.05) is 42.0 Å². The maximum Gasteiger partial charge on any atom is 0.340 e. The Hall–Kier alpha value is -5.56. The third kappa shape index (κ3) is 4.98. The summed E-state index contributed by atoms with van der Waals surface area (Å²) in [5.41, 5.74) is 9.45. The van der Waals surface area contributed by atoms with Gasteiger partial charge in [-0.15, -0.1) is 0 Å². The smallest absolute Gasteiger partial charge is 0.340 e. The van der Waals surface area contributed by atoms with Crippen molar-refractivity contribution in [2.45, 2.75) is 47.1 Å². The SMILES string of the molecule is CCN(CC)c1ccc2c(c1)Oc1cc(C)c(Nc3ccc(C)c(C(=O)Nc4ccc(C)cc4)c3C)cc1C21OC(=O)c2ccccc21.